The lowest BCUT2D eigenvalue weighted by molar-refractivity contribution is 0.0697. The van der Waals surface area contributed by atoms with Crippen molar-refractivity contribution in [1.82, 2.24) is 5.32 Å². The van der Waals surface area contributed by atoms with Gasteiger partial charge in [-0.1, -0.05) is 0 Å². The molecule has 0 aliphatic carbocycles. The normalized spacial score (nSPS) is 24.6. The first-order valence-corrected chi connectivity index (χ1v) is 7.35. The summed E-state index contributed by atoms with van der Waals surface area (Å²) in [6, 6.07) is 4.06. The number of aromatic carboxylic acids is 1. The number of rotatable bonds is 3. The fourth-order valence-electron chi connectivity index (χ4n) is 2.17. The second-order valence-corrected chi connectivity index (χ2v) is 6.11. The van der Waals surface area contributed by atoms with Crippen molar-refractivity contribution in [3.63, 3.8) is 0 Å². The number of amides is 2. The molecule has 1 aliphatic rings. The molecule has 2 amide bonds. The van der Waals surface area contributed by atoms with E-state index in [1.165, 1.54) is 12.1 Å². The number of nitrogens with one attached hydrogen (secondary N) is 2. The van der Waals surface area contributed by atoms with Crippen LogP contribution in [0.3, 0.4) is 0 Å². The number of carbonyl (C=O) groups excluding carboxylic acids is 1. The number of anilines is 1. The summed E-state index contributed by atoms with van der Waals surface area (Å²) in [5, 5.41) is 14.5. The van der Waals surface area contributed by atoms with Crippen LogP contribution in [-0.4, -0.2) is 35.4 Å². The van der Waals surface area contributed by atoms with E-state index in [2.05, 4.69) is 26.6 Å². The quantitative estimate of drug-likeness (QED) is 0.776. The van der Waals surface area contributed by atoms with Gasteiger partial charge < -0.3 is 20.5 Å². The molecule has 6 nitrogen and oxygen atoms in total. The van der Waals surface area contributed by atoms with Crippen LogP contribution in [-0.2, 0) is 4.74 Å². The third kappa shape index (κ3) is 3.54. The highest BCUT2D eigenvalue weighted by Gasteiger charge is 2.38. The Bertz CT molecular complexity index is 578. The number of urea groups is 1. The molecule has 1 heterocycles. The number of hydrogen-bond donors (Lipinski definition) is 3. The zero-order chi connectivity index (χ0) is 15.6. The molecule has 1 aromatic carbocycles. The predicted octanol–water partition coefficient (Wildman–Crippen LogP) is 2.84. The topological polar surface area (TPSA) is 87.7 Å². The van der Waals surface area contributed by atoms with E-state index in [9.17, 15) is 9.59 Å². The molecule has 7 heteroatoms. The molecule has 2 unspecified atom stereocenters. The number of carboxylic acid groups (broad SMARTS) is 1. The monoisotopic (exact) mass is 356 g/mol. The van der Waals surface area contributed by atoms with Crippen molar-refractivity contribution in [2.24, 2.45) is 0 Å². The molecule has 3 N–H and O–H groups in total. The van der Waals surface area contributed by atoms with E-state index in [0.29, 0.717) is 16.8 Å². The number of benzene rings is 1. The van der Waals surface area contributed by atoms with E-state index in [-0.39, 0.29) is 11.7 Å². The zero-order valence-corrected chi connectivity index (χ0v) is 13.4. The van der Waals surface area contributed by atoms with Gasteiger partial charge in [-0.15, -0.1) is 0 Å². The summed E-state index contributed by atoms with van der Waals surface area (Å²) >= 11 is 3.29. The lowest BCUT2D eigenvalue weighted by atomic mass is 9.95. The van der Waals surface area contributed by atoms with E-state index in [1.54, 1.807) is 6.07 Å². The average Bonchev–Trinajstić information content (AvgIpc) is 2.71. The fourth-order valence-corrected chi connectivity index (χ4v) is 2.51. The highest BCUT2D eigenvalue weighted by atomic mass is 79.9. The molecule has 0 saturated carbocycles. The minimum absolute atomic E-state index is 0.0722. The maximum Gasteiger partial charge on any atom is 0.335 e. The summed E-state index contributed by atoms with van der Waals surface area (Å²) in [6.45, 7) is 4.44. The van der Waals surface area contributed by atoms with Crippen LogP contribution in [0.4, 0.5) is 10.5 Å². The van der Waals surface area contributed by atoms with Gasteiger partial charge in [-0.2, -0.15) is 0 Å². The van der Waals surface area contributed by atoms with Gasteiger partial charge in [0.05, 0.1) is 22.9 Å². The van der Waals surface area contributed by atoms with Gasteiger partial charge in [-0.3, -0.25) is 0 Å². The largest absolute Gasteiger partial charge is 0.478 e. The smallest absolute Gasteiger partial charge is 0.335 e. The molecule has 0 bridgehead atoms. The Morgan fingerprint density at radius 3 is 2.76 bits per heavy atom. The predicted molar refractivity (Wildman–Crippen MR) is 81.7 cm³/mol. The number of hydrogen-bond acceptors (Lipinski definition) is 3. The van der Waals surface area contributed by atoms with Crippen LogP contribution in [0.1, 0.15) is 30.6 Å². The summed E-state index contributed by atoms with van der Waals surface area (Å²) < 4.78 is 6.08. The van der Waals surface area contributed by atoms with Gasteiger partial charge in [0.25, 0.3) is 0 Å². The van der Waals surface area contributed by atoms with Gasteiger partial charge in [-0.05, 0) is 54.4 Å². The maximum absolute atomic E-state index is 12.1. The van der Waals surface area contributed by atoms with Crippen LogP contribution in [0.5, 0.6) is 0 Å². The summed E-state index contributed by atoms with van der Waals surface area (Å²) in [6.07, 6.45) is 0.662. The lowest BCUT2D eigenvalue weighted by Crippen LogP contribution is -2.52. The van der Waals surface area contributed by atoms with Crippen LogP contribution < -0.4 is 10.6 Å². The van der Waals surface area contributed by atoms with Gasteiger partial charge in [0.2, 0.25) is 0 Å². The summed E-state index contributed by atoms with van der Waals surface area (Å²) in [7, 11) is 0. The first-order valence-electron chi connectivity index (χ1n) is 6.55. The zero-order valence-electron chi connectivity index (χ0n) is 11.8. The number of carboxylic acids is 1. The molecule has 114 valence electrons. The van der Waals surface area contributed by atoms with E-state index in [0.717, 1.165) is 6.42 Å². The SMILES string of the molecule is CC1OCCC1(C)NC(=O)Nc1cc(C(=O)O)ccc1Br. The lowest BCUT2D eigenvalue weighted by Gasteiger charge is -2.29. The van der Waals surface area contributed by atoms with Crippen molar-refractivity contribution in [3.8, 4) is 0 Å². The van der Waals surface area contributed by atoms with E-state index >= 15 is 0 Å². The standard InChI is InChI=1S/C14H17BrN2O4/c1-8-14(2,5-6-21-8)17-13(20)16-11-7-9(12(18)19)3-4-10(11)15/h3-4,7-8H,5-6H2,1-2H3,(H,18,19)(H2,16,17,20). The Balaban J connectivity index is 2.09. The van der Waals surface area contributed by atoms with Crippen LogP contribution in [0.2, 0.25) is 0 Å². The van der Waals surface area contributed by atoms with Crippen molar-refractivity contribution >= 4 is 33.6 Å². The Labute approximate surface area is 131 Å². The minimum atomic E-state index is -1.05. The molecule has 1 fully saturated rings. The van der Waals surface area contributed by atoms with Gasteiger partial charge in [-0.25, -0.2) is 9.59 Å². The summed E-state index contributed by atoms with van der Waals surface area (Å²) in [5.74, 6) is -1.05. The van der Waals surface area contributed by atoms with Crippen molar-refractivity contribution in [1.29, 1.82) is 0 Å². The summed E-state index contributed by atoms with van der Waals surface area (Å²) in [4.78, 5) is 23.1. The summed E-state index contributed by atoms with van der Waals surface area (Å²) in [5.41, 5.74) is 0.0842. The van der Waals surface area contributed by atoms with Gasteiger partial charge in [0, 0.05) is 11.1 Å². The molecule has 0 aromatic heterocycles. The molecule has 0 spiro atoms. The molecular formula is C14H17BrN2O4. The molecule has 0 radical (unpaired) electrons. The first kappa shape index (κ1) is 15.8. The Hall–Kier alpha value is -1.60. The van der Waals surface area contributed by atoms with Crippen LogP contribution in [0.25, 0.3) is 0 Å². The Kier molecular flexibility index (Phi) is 4.53. The van der Waals surface area contributed by atoms with Crippen LogP contribution in [0.15, 0.2) is 22.7 Å². The van der Waals surface area contributed by atoms with E-state index in [1.807, 2.05) is 13.8 Å². The third-order valence-corrected chi connectivity index (χ3v) is 4.44. The first-order chi connectivity index (χ1) is 9.82. The van der Waals surface area contributed by atoms with Crippen molar-refractivity contribution in [2.45, 2.75) is 31.9 Å². The highest BCUT2D eigenvalue weighted by Crippen LogP contribution is 2.26. The van der Waals surface area contributed by atoms with E-state index in [4.69, 9.17) is 9.84 Å². The van der Waals surface area contributed by atoms with E-state index < -0.39 is 17.5 Å². The van der Waals surface area contributed by atoms with Crippen molar-refractivity contribution in [3.05, 3.63) is 28.2 Å². The second kappa shape index (κ2) is 6.03. The molecule has 21 heavy (non-hydrogen) atoms. The van der Waals surface area contributed by atoms with Gasteiger partial charge in [0.1, 0.15) is 0 Å². The number of ether oxygens (including phenoxy) is 1. The van der Waals surface area contributed by atoms with Crippen LogP contribution >= 0.6 is 15.9 Å². The number of halogens is 1. The molecule has 2 rings (SSSR count). The fraction of sp³-hybridized carbons (Fsp3) is 0.429. The average molecular weight is 357 g/mol. The third-order valence-electron chi connectivity index (χ3n) is 3.75. The van der Waals surface area contributed by atoms with Gasteiger partial charge >= 0.3 is 12.0 Å². The molecule has 1 saturated heterocycles. The van der Waals surface area contributed by atoms with Crippen LogP contribution in [0, 0.1) is 0 Å². The Morgan fingerprint density at radius 1 is 1.48 bits per heavy atom. The molecule has 1 aliphatic heterocycles. The minimum Gasteiger partial charge on any atom is -0.478 e. The molecular weight excluding hydrogens is 340 g/mol. The second-order valence-electron chi connectivity index (χ2n) is 5.26. The van der Waals surface area contributed by atoms with Gasteiger partial charge in [0.15, 0.2) is 0 Å². The number of carbonyl (C=O) groups is 2. The maximum atomic E-state index is 12.1. The molecule has 1 aromatic rings. The highest BCUT2D eigenvalue weighted by molar-refractivity contribution is 9.10. The Morgan fingerprint density at radius 2 is 2.19 bits per heavy atom. The van der Waals surface area contributed by atoms with Crippen molar-refractivity contribution in [2.75, 3.05) is 11.9 Å². The van der Waals surface area contributed by atoms with Crippen molar-refractivity contribution < 1.29 is 19.4 Å². The molecule has 2 atom stereocenters.